The lowest BCUT2D eigenvalue weighted by atomic mass is 10.0. The van der Waals surface area contributed by atoms with Crippen LogP contribution in [0.2, 0.25) is 0 Å². The van der Waals surface area contributed by atoms with Crippen molar-refractivity contribution in [3.8, 4) is 0 Å². The van der Waals surface area contributed by atoms with E-state index in [1.54, 1.807) is 23.9 Å². The molecule has 0 radical (unpaired) electrons. The molecule has 0 aliphatic heterocycles. The average molecular weight is 311 g/mol. The summed E-state index contributed by atoms with van der Waals surface area (Å²) < 4.78 is 38.7. The van der Waals surface area contributed by atoms with Crippen LogP contribution in [0.25, 0.3) is 0 Å². The first kappa shape index (κ1) is 15.6. The molecule has 2 rings (SSSR count). The van der Waals surface area contributed by atoms with Crippen LogP contribution in [-0.2, 0) is 6.18 Å². The molecular formula is C15H12F3NOS. The Morgan fingerprint density at radius 1 is 1.19 bits per heavy atom. The molecule has 1 heterocycles. The van der Waals surface area contributed by atoms with E-state index in [4.69, 9.17) is 0 Å². The van der Waals surface area contributed by atoms with Crippen LogP contribution in [0.5, 0.6) is 0 Å². The minimum absolute atomic E-state index is 0.217. The van der Waals surface area contributed by atoms with Crippen LogP contribution in [0.3, 0.4) is 0 Å². The molecule has 0 N–H and O–H groups in total. The number of thioether (sulfide) groups is 1. The molecule has 0 amide bonds. The normalized spacial score (nSPS) is 11.4. The van der Waals surface area contributed by atoms with Gasteiger partial charge in [0.1, 0.15) is 0 Å². The van der Waals surface area contributed by atoms with E-state index in [-0.39, 0.29) is 5.56 Å². The predicted octanol–water partition coefficient (Wildman–Crippen LogP) is 4.44. The van der Waals surface area contributed by atoms with Crippen molar-refractivity contribution >= 4 is 17.5 Å². The van der Waals surface area contributed by atoms with Crippen molar-refractivity contribution in [2.24, 2.45) is 0 Å². The monoisotopic (exact) mass is 311 g/mol. The van der Waals surface area contributed by atoms with E-state index >= 15 is 0 Å². The van der Waals surface area contributed by atoms with Gasteiger partial charge in [0.25, 0.3) is 0 Å². The minimum atomic E-state index is -4.58. The van der Waals surface area contributed by atoms with Crippen molar-refractivity contribution in [3.05, 3.63) is 59.4 Å². The van der Waals surface area contributed by atoms with E-state index in [9.17, 15) is 18.0 Å². The summed E-state index contributed by atoms with van der Waals surface area (Å²) in [5, 5.41) is 0. The number of hydrogen-bond donors (Lipinski definition) is 0. The average Bonchev–Trinajstić information content (AvgIpc) is 2.47. The van der Waals surface area contributed by atoms with Crippen LogP contribution in [0.1, 0.15) is 28.4 Å². The Bertz CT molecular complexity index is 638. The Kier molecular flexibility index (Phi) is 4.67. The van der Waals surface area contributed by atoms with Gasteiger partial charge in [-0.2, -0.15) is 13.2 Å². The SMILES string of the molecule is CCSc1ccc(C(=O)c2cnccc2C(F)(F)F)cc1. The topological polar surface area (TPSA) is 30.0 Å². The summed E-state index contributed by atoms with van der Waals surface area (Å²) >= 11 is 1.60. The molecule has 0 saturated heterocycles. The van der Waals surface area contributed by atoms with Crippen molar-refractivity contribution in [1.82, 2.24) is 4.98 Å². The van der Waals surface area contributed by atoms with Gasteiger partial charge >= 0.3 is 6.18 Å². The molecule has 0 bridgehead atoms. The molecule has 0 saturated carbocycles. The van der Waals surface area contributed by atoms with Crippen molar-refractivity contribution in [2.75, 3.05) is 5.75 Å². The summed E-state index contributed by atoms with van der Waals surface area (Å²) in [6.07, 6.45) is -2.59. The summed E-state index contributed by atoms with van der Waals surface area (Å²) in [4.78, 5) is 16.8. The standard InChI is InChI=1S/C15H12F3NOS/c1-2-21-11-5-3-10(4-6-11)14(20)12-9-19-8-7-13(12)15(16,17)18/h3-9H,2H2,1H3. The summed E-state index contributed by atoms with van der Waals surface area (Å²) in [6.45, 7) is 2.00. The lowest BCUT2D eigenvalue weighted by molar-refractivity contribution is -0.137. The fraction of sp³-hybridized carbons (Fsp3) is 0.200. The molecular weight excluding hydrogens is 299 g/mol. The van der Waals surface area contributed by atoms with E-state index < -0.39 is 23.1 Å². The highest BCUT2D eigenvalue weighted by Gasteiger charge is 2.35. The molecule has 110 valence electrons. The number of carbonyl (C=O) groups excluding carboxylic acids is 1. The quantitative estimate of drug-likeness (QED) is 0.617. The first-order valence-corrected chi connectivity index (χ1v) is 7.21. The zero-order chi connectivity index (χ0) is 15.5. The first-order chi connectivity index (χ1) is 9.93. The van der Waals surface area contributed by atoms with Crippen LogP contribution in [0.4, 0.5) is 13.2 Å². The Morgan fingerprint density at radius 2 is 1.86 bits per heavy atom. The van der Waals surface area contributed by atoms with Crippen LogP contribution >= 0.6 is 11.8 Å². The molecule has 1 aromatic carbocycles. The molecule has 2 nitrogen and oxygen atoms in total. The molecule has 21 heavy (non-hydrogen) atoms. The van der Waals surface area contributed by atoms with Gasteiger partial charge in [0, 0.05) is 22.9 Å². The van der Waals surface area contributed by atoms with E-state index in [0.29, 0.717) is 0 Å². The number of rotatable bonds is 4. The Balaban J connectivity index is 2.36. The second kappa shape index (κ2) is 6.30. The van der Waals surface area contributed by atoms with E-state index in [0.717, 1.165) is 29.1 Å². The molecule has 1 aromatic heterocycles. The molecule has 0 atom stereocenters. The van der Waals surface area contributed by atoms with Crippen molar-refractivity contribution in [2.45, 2.75) is 18.0 Å². The lowest BCUT2D eigenvalue weighted by Crippen LogP contribution is -2.14. The zero-order valence-electron chi connectivity index (χ0n) is 11.1. The maximum Gasteiger partial charge on any atom is 0.417 e. The molecule has 0 aliphatic rings. The number of benzene rings is 1. The highest BCUT2D eigenvalue weighted by atomic mass is 32.2. The van der Waals surface area contributed by atoms with Gasteiger partial charge in [-0.3, -0.25) is 9.78 Å². The van der Waals surface area contributed by atoms with Crippen molar-refractivity contribution in [3.63, 3.8) is 0 Å². The number of halogens is 3. The number of ketones is 1. The van der Waals surface area contributed by atoms with Crippen molar-refractivity contribution < 1.29 is 18.0 Å². The fourth-order valence-electron chi connectivity index (χ4n) is 1.85. The number of carbonyl (C=O) groups is 1. The molecule has 0 spiro atoms. The number of alkyl halides is 3. The van der Waals surface area contributed by atoms with Gasteiger partial charge in [-0.15, -0.1) is 11.8 Å². The van der Waals surface area contributed by atoms with Gasteiger partial charge in [-0.1, -0.05) is 6.92 Å². The van der Waals surface area contributed by atoms with Crippen molar-refractivity contribution in [1.29, 1.82) is 0 Å². The first-order valence-electron chi connectivity index (χ1n) is 6.22. The summed E-state index contributed by atoms with van der Waals surface area (Å²) in [6, 6.07) is 7.34. The maximum atomic E-state index is 12.9. The largest absolute Gasteiger partial charge is 0.417 e. The molecule has 0 unspecified atom stereocenters. The third-order valence-electron chi connectivity index (χ3n) is 2.80. The minimum Gasteiger partial charge on any atom is -0.289 e. The van der Waals surface area contributed by atoms with E-state index in [1.165, 1.54) is 12.1 Å². The highest BCUT2D eigenvalue weighted by Crippen LogP contribution is 2.32. The Hall–Kier alpha value is -1.82. The summed E-state index contributed by atoms with van der Waals surface area (Å²) in [7, 11) is 0. The number of hydrogen-bond acceptors (Lipinski definition) is 3. The number of aromatic nitrogens is 1. The van der Waals surface area contributed by atoms with Crippen LogP contribution < -0.4 is 0 Å². The van der Waals surface area contributed by atoms with Gasteiger partial charge in [0.2, 0.25) is 0 Å². The fourth-order valence-corrected chi connectivity index (χ4v) is 2.51. The van der Waals surface area contributed by atoms with Gasteiger partial charge in [0.15, 0.2) is 5.78 Å². The summed E-state index contributed by atoms with van der Waals surface area (Å²) in [5.41, 5.74) is -1.18. The van der Waals surface area contributed by atoms with E-state index in [2.05, 4.69) is 4.98 Å². The predicted molar refractivity (Wildman–Crippen MR) is 75.5 cm³/mol. The van der Waals surface area contributed by atoms with Gasteiger partial charge in [-0.05, 0) is 36.1 Å². The van der Waals surface area contributed by atoms with Gasteiger partial charge in [-0.25, -0.2) is 0 Å². The highest BCUT2D eigenvalue weighted by molar-refractivity contribution is 7.99. The van der Waals surface area contributed by atoms with Crippen LogP contribution in [-0.4, -0.2) is 16.5 Å². The third kappa shape index (κ3) is 3.64. The smallest absolute Gasteiger partial charge is 0.289 e. The maximum absolute atomic E-state index is 12.9. The van der Waals surface area contributed by atoms with Crippen LogP contribution in [0, 0.1) is 0 Å². The second-order valence-electron chi connectivity index (χ2n) is 4.21. The molecule has 2 aromatic rings. The number of nitrogens with zero attached hydrogens (tertiary/aromatic N) is 1. The van der Waals surface area contributed by atoms with Gasteiger partial charge < -0.3 is 0 Å². The Morgan fingerprint density at radius 3 is 2.43 bits per heavy atom. The zero-order valence-corrected chi connectivity index (χ0v) is 12.0. The van der Waals surface area contributed by atoms with Crippen LogP contribution in [0.15, 0.2) is 47.6 Å². The van der Waals surface area contributed by atoms with E-state index in [1.807, 2.05) is 6.92 Å². The van der Waals surface area contributed by atoms with Gasteiger partial charge in [0.05, 0.1) is 11.1 Å². The summed E-state index contributed by atoms with van der Waals surface area (Å²) in [5.74, 6) is 0.206. The lowest BCUT2D eigenvalue weighted by Gasteiger charge is -2.11. The third-order valence-corrected chi connectivity index (χ3v) is 3.69. The molecule has 0 fully saturated rings. The number of pyridine rings is 1. The molecule has 0 aliphatic carbocycles. The Labute approximate surface area is 124 Å². The second-order valence-corrected chi connectivity index (χ2v) is 5.54. The molecule has 6 heteroatoms.